The number of carbonyl (C=O) groups is 2. The van der Waals surface area contributed by atoms with Crippen LogP contribution in [0.25, 0.3) is 0 Å². The quantitative estimate of drug-likeness (QED) is 0.133. The van der Waals surface area contributed by atoms with Crippen molar-refractivity contribution in [2.45, 2.75) is 55.6 Å². The lowest BCUT2D eigenvalue weighted by atomic mass is 10.0. The van der Waals surface area contributed by atoms with E-state index in [-0.39, 0.29) is 35.5 Å². The number of benzene rings is 4. The average molecular weight is 739 g/mol. The molecular weight excluding hydrogens is 698 g/mol. The molecule has 0 radical (unpaired) electrons. The highest BCUT2D eigenvalue weighted by Gasteiger charge is 2.35. The van der Waals surface area contributed by atoms with Gasteiger partial charge in [-0.1, -0.05) is 70.5 Å². The van der Waals surface area contributed by atoms with E-state index in [2.05, 4.69) is 21.2 Å². The number of para-hydroxylation sites is 2. The van der Waals surface area contributed by atoms with Gasteiger partial charge in [-0.25, -0.2) is 8.42 Å². The number of ether oxygens (including phenoxy) is 1. The summed E-state index contributed by atoms with van der Waals surface area (Å²) < 4.78 is 36.6. The van der Waals surface area contributed by atoms with Crippen molar-refractivity contribution in [2.75, 3.05) is 23.7 Å². The second kappa shape index (κ2) is 16.9. The van der Waals surface area contributed by atoms with E-state index in [9.17, 15) is 18.0 Å². The van der Waals surface area contributed by atoms with Gasteiger partial charge in [0.05, 0.1) is 17.2 Å². The van der Waals surface area contributed by atoms with Crippen molar-refractivity contribution in [3.8, 4) is 5.75 Å². The number of rotatable bonds is 15. The van der Waals surface area contributed by atoms with Gasteiger partial charge in [0.25, 0.3) is 10.0 Å². The fraction of sp³-hybridized carbons (Fsp3) is 0.278. The molecule has 4 aromatic rings. The van der Waals surface area contributed by atoms with Crippen molar-refractivity contribution in [1.82, 2.24) is 10.2 Å². The van der Waals surface area contributed by atoms with Crippen molar-refractivity contribution in [1.29, 1.82) is 0 Å². The fourth-order valence-electron chi connectivity index (χ4n) is 5.05. The molecule has 0 saturated heterocycles. The summed E-state index contributed by atoms with van der Waals surface area (Å²) in [6.45, 7) is 5.35. The number of thioether (sulfide) groups is 1. The molecule has 0 aliphatic heterocycles. The molecule has 0 aliphatic rings. The highest BCUT2D eigenvalue weighted by atomic mass is 79.9. The van der Waals surface area contributed by atoms with E-state index in [1.165, 1.54) is 28.8 Å². The molecule has 4 rings (SSSR count). The molecule has 1 atom stereocenters. The summed E-state index contributed by atoms with van der Waals surface area (Å²) in [5.74, 6) is -0.542. The van der Waals surface area contributed by atoms with E-state index < -0.39 is 28.5 Å². The summed E-state index contributed by atoms with van der Waals surface area (Å²) in [5.41, 5.74) is 1.88. The Bertz CT molecular complexity index is 1730. The molecule has 0 fully saturated rings. The molecule has 1 N–H and O–H groups in total. The van der Waals surface area contributed by atoms with Crippen LogP contribution >= 0.6 is 27.7 Å². The third-order valence-corrected chi connectivity index (χ3v) is 10.4. The van der Waals surface area contributed by atoms with Crippen molar-refractivity contribution in [3.63, 3.8) is 0 Å². The standard InChI is InChI=1S/C36H40BrN3O5S2/c1-5-45-34-14-10-9-13-32(34)40(47(43,44)31-21-19-30(46-4)20-22-31)25-35(41)39(24-28-15-17-29(37)18-16-28)33(36(42)38-26(2)3)23-27-11-7-6-8-12-27/h6-22,26,33H,5,23-25H2,1-4H3,(H,38,42)/t33-/m0/s1. The van der Waals surface area contributed by atoms with Gasteiger partial charge in [0.1, 0.15) is 18.3 Å². The van der Waals surface area contributed by atoms with E-state index in [0.717, 1.165) is 24.8 Å². The molecule has 2 amide bonds. The first-order chi connectivity index (χ1) is 22.5. The maximum atomic E-state index is 14.7. The van der Waals surface area contributed by atoms with Gasteiger partial charge in [-0.2, -0.15) is 0 Å². The number of hydrogen-bond acceptors (Lipinski definition) is 6. The second-order valence-corrected chi connectivity index (χ2v) is 14.8. The first-order valence-electron chi connectivity index (χ1n) is 15.3. The van der Waals surface area contributed by atoms with Crippen LogP contribution in [-0.4, -0.2) is 56.6 Å². The van der Waals surface area contributed by atoms with E-state index in [0.29, 0.717) is 12.4 Å². The van der Waals surface area contributed by atoms with Gasteiger partial charge in [-0.15, -0.1) is 11.8 Å². The number of nitrogens with zero attached hydrogens (tertiary/aromatic N) is 2. The molecule has 0 unspecified atom stereocenters. The lowest BCUT2D eigenvalue weighted by Crippen LogP contribution is -2.54. The zero-order valence-electron chi connectivity index (χ0n) is 26.9. The van der Waals surface area contributed by atoms with Gasteiger partial charge < -0.3 is 15.0 Å². The number of sulfonamides is 1. The number of amides is 2. The number of nitrogens with one attached hydrogen (secondary N) is 1. The van der Waals surface area contributed by atoms with Crippen molar-refractivity contribution >= 4 is 55.2 Å². The Kier molecular flexibility index (Phi) is 12.9. The van der Waals surface area contributed by atoms with Crippen LogP contribution in [0.5, 0.6) is 5.75 Å². The summed E-state index contributed by atoms with van der Waals surface area (Å²) in [7, 11) is -4.26. The molecule has 0 aliphatic carbocycles. The molecule has 0 heterocycles. The lowest BCUT2D eigenvalue weighted by Gasteiger charge is -2.34. The van der Waals surface area contributed by atoms with E-state index >= 15 is 0 Å². The molecule has 8 nitrogen and oxygen atoms in total. The zero-order chi connectivity index (χ0) is 34.0. The number of hydrogen-bond donors (Lipinski definition) is 1. The Hall–Kier alpha value is -3.80. The molecule has 4 aromatic carbocycles. The summed E-state index contributed by atoms with van der Waals surface area (Å²) in [4.78, 5) is 30.9. The summed E-state index contributed by atoms with van der Waals surface area (Å²) >= 11 is 4.96. The van der Waals surface area contributed by atoms with Crippen LogP contribution in [0.1, 0.15) is 31.9 Å². The van der Waals surface area contributed by atoms with Gasteiger partial charge in [0.15, 0.2) is 0 Å². The van der Waals surface area contributed by atoms with Crippen LogP contribution < -0.4 is 14.4 Å². The predicted octanol–water partition coefficient (Wildman–Crippen LogP) is 6.93. The largest absolute Gasteiger partial charge is 0.492 e. The molecule has 0 saturated carbocycles. The van der Waals surface area contributed by atoms with Crippen molar-refractivity contribution in [2.24, 2.45) is 0 Å². The molecule has 248 valence electrons. The van der Waals surface area contributed by atoms with Crippen LogP contribution in [0.3, 0.4) is 0 Å². The maximum Gasteiger partial charge on any atom is 0.264 e. The van der Waals surface area contributed by atoms with Crippen LogP contribution in [0.15, 0.2) is 117 Å². The molecule has 0 aromatic heterocycles. The Balaban J connectivity index is 1.84. The minimum Gasteiger partial charge on any atom is -0.492 e. The average Bonchev–Trinajstić information content (AvgIpc) is 3.06. The van der Waals surface area contributed by atoms with Gasteiger partial charge in [-0.05, 0) is 86.7 Å². The van der Waals surface area contributed by atoms with Gasteiger partial charge in [0, 0.05) is 28.4 Å². The fourth-order valence-corrected chi connectivity index (χ4v) is 7.15. The minimum absolute atomic E-state index is 0.0345. The number of carbonyl (C=O) groups excluding carboxylic acids is 2. The second-order valence-electron chi connectivity index (χ2n) is 11.1. The molecule has 47 heavy (non-hydrogen) atoms. The van der Waals surface area contributed by atoms with E-state index in [1.54, 1.807) is 36.4 Å². The number of anilines is 1. The van der Waals surface area contributed by atoms with Crippen molar-refractivity contribution in [3.05, 3.63) is 119 Å². The van der Waals surface area contributed by atoms with E-state index in [1.807, 2.05) is 81.6 Å². The zero-order valence-corrected chi connectivity index (χ0v) is 30.1. The lowest BCUT2D eigenvalue weighted by molar-refractivity contribution is -0.140. The molecular formula is C36H40BrN3O5S2. The Morgan fingerprint density at radius 1 is 0.872 bits per heavy atom. The summed E-state index contributed by atoms with van der Waals surface area (Å²) in [6, 6.07) is 29.1. The molecule has 0 spiro atoms. The van der Waals surface area contributed by atoms with E-state index in [4.69, 9.17) is 4.74 Å². The topological polar surface area (TPSA) is 96.0 Å². The van der Waals surface area contributed by atoms with Crippen molar-refractivity contribution < 1.29 is 22.7 Å². The van der Waals surface area contributed by atoms with Crippen LogP contribution in [0.4, 0.5) is 5.69 Å². The monoisotopic (exact) mass is 737 g/mol. The number of halogens is 1. The van der Waals surface area contributed by atoms with Crippen LogP contribution in [-0.2, 0) is 32.6 Å². The third kappa shape index (κ3) is 9.62. The molecule has 0 bridgehead atoms. The van der Waals surface area contributed by atoms with Crippen LogP contribution in [0, 0.1) is 0 Å². The summed E-state index contributed by atoms with van der Waals surface area (Å²) in [5, 5.41) is 2.98. The maximum absolute atomic E-state index is 14.7. The summed E-state index contributed by atoms with van der Waals surface area (Å²) in [6.07, 6.45) is 2.15. The van der Waals surface area contributed by atoms with Gasteiger partial charge in [0.2, 0.25) is 11.8 Å². The smallest absolute Gasteiger partial charge is 0.264 e. The first-order valence-corrected chi connectivity index (χ1v) is 18.8. The minimum atomic E-state index is -4.26. The van der Waals surface area contributed by atoms with Gasteiger partial charge >= 0.3 is 0 Å². The third-order valence-electron chi connectivity index (χ3n) is 7.33. The predicted molar refractivity (Wildman–Crippen MR) is 192 cm³/mol. The highest BCUT2D eigenvalue weighted by molar-refractivity contribution is 9.10. The Morgan fingerprint density at radius 3 is 2.13 bits per heavy atom. The normalized spacial score (nSPS) is 12.0. The Morgan fingerprint density at radius 2 is 1.51 bits per heavy atom. The van der Waals surface area contributed by atoms with Gasteiger partial charge in [-0.3, -0.25) is 13.9 Å². The first kappa shape index (κ1) is 36.0. The van der Waals surface area contributed by atoms with Crippen LogP contribution in [0.2, 0.25) is 0 Å². The highest BCUT2D eigenvalue weighted by Crippen LogP contribution is 2.33. The molecule has 11 heteroatoms. The SMILES string of the molecule is CCOc1ccccc1N(CC(=O)N(Cc1ccc(Br)cc1)[C@@H](Cc1ccccc1)C(=O)NC(C)C)S(=O)(=O)c1ccc(SC)cc1. The Labute approximate surface area is 290 Å².